The molecule has 1 aromatic rings. The van der Waals surface area contributed by atoms with Gasteiger partial charge in [-0.25, -0.2) is 8.78 Å². The predicted octanol–water partition coefficient (Wildman–Crippen LogP) is -0.335. The lowest BCUT2D eigenvalue weighted by Gasteiger charge is -2.09. The highest BCUT2D eigenvalue weighted by Crippen LogP contribution is 2.18. The zero-order valence-corrected chi connectivity index (χ0v) is 7.14. The monoisotopic (exact) mass is 202 g/mol. The van der Waals surface area contributed by atoms with Gasteiger partial charge in [0.25, 0.3) is 6.43 Å². The molecule has 1 aromatic carbocycles. The lowest BCUT2D eigenvalue weighted by Crippen LogP contribution is -2.29. The van der Waals surface area contributed by atoms with E-state index in [-0.39, 0.29) is 11.0 Å². The van der Waals surface area contributed by atoms with Gasteiger partial charge in [-0.3, -0.25) is 0 Å². The van der Waals surface area contributed by atoms with Crippen LogP contribution in [0.15, 0.2) is 24.3 Å². The zero-order chi connectivity index (χ0) is 10.7. The fourth-order valence-corrected chi connectivity index (χ4v) is 1.01. The number of benzene rings is 1. The molecule has 0 amide bonds. The van der Waals surface area contributed by atoms with E-state index in [4.69, 9.17) is 15.2 Å². The van der Waals surface area contributed by atoms with Crippen molar-refractivity contribution in [2.45, 2.75) is 12.5 Å². The molecule has 1 atom stereocenters. The summed E-state index contributed by atoms with van der Waals surface area (Å²) in [6.45, 7) is 0. The number of aliphatic hydroxyl groups excluding tert-OH is 1. The van der Waals surface area contributed by atoms with E-state index in [2.05, 4.69) is 0 Å². The summed E-state index contributed by atoms with van der Waals surface area (Å²) in [6.07, 6.45) is -4.68. The lowest BCUT2D eigenvalue weighted by molar-refractivity contribution is -0.00576. The van der Waals surface area contributed by atoms with Crippen LogP contribution in [0.3, 0.4) is 0 Å². The van der Waals surface area contributed by atoms with Crippen molar-refractivity contribution in [1.29, 1.82) is 0 Å². The Bertz CT molecular complexity index is 289. The molecule has 0 saturated carbocycles. The van der Waals surface area contributed by atoms with E-state index in [1.165, 1.54) is 24.3 Å². The van der Waals surface area contributed by atoms with E-state index < -0.39 is 19.6 Å². The van der Waals surface area contributed by atoms with Gasteiger partial charge >= 0.3 is 7.12 Å². The molecular weight excluding hydrogens is 193 g/mol. The number of hydrogen-bond acceptors (Lipinski definition) is 3. The Kier molecular flexibility index (Phi) is 3.57. The molecule has 0 unspecified atom stereocenters. The Hall–Kier alpha value is -0.975. The van der Waals surface area contributed by atoms with Crippen LogP contribution < -0.4 is 5.46 Å². The molecule has 0 saturated heterocycles. The smallest absolute Gasteiger partial charge is 0.423 e. The Morgan fingerprint density at radius 1 is 1.07 bits per heavy atom. The first-order valence-electron chi connectivity index (χ1n) is 3.94. The minimum Gasteiger partial charge on any atom is -0.423 e. The summed E-state index contributed by atoms with van der Waals surface area (Å²) in [5, 5.41) is 26.4. The maximum Gasteiger partial charge on any atom is 0.488 e. The van der Waals surface area contributed by atoms with Crippen molar-refractivity contribution in [2.24, 2.45) is 0 Å². The molecule has 0 bridgehead atoms. The molecule has 0 aliphatic carbocycles. The third-order valence-electron chi connectivity index (χ3n) is 1.81. The second kappa shape index (κ2) is 4.50. The molecule has 0 aliphatic heterocycles. The summed E-state index contributed by atoms with van der Waals surface area (Å²) in [7, 11) is -1.63. The molecule has 0 spiro atoms. The van der Waals surface area contributed by atoms with Crippen molar-refractivity contribution in [3.05, 3.63) is 29.8 Å². The second-order valence-corrected chi connectivity index (χ2v) is 2.82. The van der Waals surface area contributed by atoms with Crippen LogP contribution in [-0.2, 0) is 0 Å². The average molecular weight is 202 g/mol. The largest absolute Gasteiger partial charge is 0.488 e. The fraction of sp³-hybridized carbons (Fsp3) is 0.250. The van der Waals surface area contributed by atoms with Gasteiger partial charge in [0.1, 0.15) is 6.10 Å². The summed E-state index contributed by atoms with van der Waals surface area (Å²) in [6, 6.07) is 4.99. The van der Waals surface area contributed by atoms with E-state index >= 15 is 0 Å². The average Bonchev–Trinajstić information content (AvgIpc) is 2.16. The summed E-state index contributed by atoms with van der Waals surface area (Å²) in [5.74, 6) is 0. The molecule has 3 N–H and O–H groups in total. The third-order valence-corrected chi connectivity index (χ3v) is 1.81. The molecule has 14 heavy (non-hydrogen) atoms. The molecule has 6 heteroatoms. The molecule has 76 valence electrons. The number of halogens is 2. The van der Waals surface area contributed by atoms with Crippen LogP contribution >= 0.6 is 0 Å². The van der Waals surface area contributed by atoms with Gasteiger partial charge in [0.05, 0.1) is 0 Å². The van der Waals surface area contributed by atoms with Crippen molar-refractivity contribution in [2.75, 3.05) is 0 Å². The molecule has 3 nitrogen and oxygen atoms in total. The molecule has 0 aromatic heterocycles. The fourth-order valence-electron chi connectivity index (χ4n) is 1.01. The van der Waals surface area contributed by atoms with Gasteiger partial charge in [-0.05, 0) is 11.0 Å². The van der Waals surface area contributed by atoms with E-state index in [1.807, 2.05) is 0 Å². The number of aliphatic hydroxyl groups is 1. The van der Waals surface area contributed by atoms with Crippen LogP contribution in [0.2, 0.25) is 0 Å². The van der Waals surface area contributed by atoms with Crippen molar-refractivity contribution in [3.63, 3.8) is 0 Å². The topological polar surface area (TPSA) is 60.7 Å². The van der Waals surface area contributed by atoms with Gasteiger partial charge in [-0.1, -0.05) is 24.3 Å². The quantitative estimate of drug-likeness (QED) is 0.588. The van der Waals surface area contributed by atoms with Crippen LogP contribution in [-0.4, -0.2) is 28.7 Å². The Morgan fingerprint density at radius 3 is 1.93 bits per heavy atom. The van der Waals surface area contributed by atoms with Crippen LogP contribution in [0.25, 0.3) is 0 Å². The first-order valence-corrected chi connectivity index (χ1v) is 3.94. The van der Waals surface area contributed by atoms with Crippen molar-refractivity contribution in [1.82, 2.24) is 0 Å². The van der Waals surface area contributed by atoms with Gasteiger partial charge in [0.15, 0.2) is 0 Å². The summed E-state index contributed by atoms with van der Waals surface area (Å²) < 4.78 is 24.0. The van der Waals surface area contributed by atoms with Gasteiger partial charge in [-0.2, -0.15) is 0 Å². The molecule has 0 heterocycles. The maximum absolute atomic E-state index is 12.0. The van der Waals surface area contributed by atoms with Crippen molar-refractivity contribution < 1.29 is 23.9 Å². The van der Waals surface area contributed by atoms with E-state index in [0.29, 0.717) is 0 Å². The van der Waals surface area contributed by atoms with Gasteiger partial charge in [0.2, 0.25) is 0 Å². The van der Waals surface area contributed by atoms with E-state index in [0.717, 1.165) is 0 Å². The maximum atomic E-state index is 12.0. The minimum absolute atomic E-state index is 0.0457. The first kappa shape index (κ1) is 11.1. The minimum atomic E-state index is -2.85. The van der Waals surface area contributed by atoms with Gasteiger partial charge < -0.3 is 15.2 Å². The predicted molar refractivity (Wildman–Crippen MR) is 47.2 cm³/mol. The molecule has 1 rings (SSSR count). The number of rotatable bonds is 3. The van der Waals surface area contributed by atoms with Crippen LogP contribution in [0.4, 0.5) is 8.78 Å². The zero-order valence-electron chi connectivity index (χ0n) is 7.14. The SMILES string of the molecule is OB(O)c1ccc([C@@H](O)C(F)F)cc1. The van der Waals surface area contributed by atoms with Gasteiger partial charge in [-0.15, -0.1) is 0 Å². The number of alkyl halides is 2. The van der Waals surface area contributed by atoms with Crippen LogP contribution in [0.5, 0.6) is 0 Å². The summed E-state index contributed by atoms with van der Waals surface area (Å²) in [4.78, 5) is 0. The molecular formula is C8H9BF2O3. The standard InChI is InChI=1S/C8H9BF2O3/c10-8(11)7(12)5-1-3-6(4-2-5)9(13)14/h1-4,7-8,12-14H/t7-/m1/s1. The summed E-state index contributed by atoms with van der Waals surface area (Å²) >= 11 is 0. The van der Waals surface area contributed by atoms with Crippen molar-refractivity contribution in [3.8, 4) is 0 Å². The van der Waals surface area contributed by atoms with E-state index in [1.54, 1.807) is 0 Å². The van der Waals surface area contributed by atoms with Gasteiger partial charge in [0, 0.05) is 0 Å². The normalized spacial score (nSPS) is 13.0. The lowest BCUT2D eigenvalue weighted by atomic mass is 9.80. The van der Waals surface area contributed by atoms with Crippen LogP contribution in [0, 0.1) is 0 Å². The third kappa shape index (κ3) is 2.51. The highest BCUT2D eigenvalue weighted by Gasteiger charge is 2.19. The second-order valence-electron chi connectivity index (χ2n) is 2.82. The Labute approximate surface area is 79.8 Å². The molecule has 0 aliphatic rings. The molecule has 0 fully saturated rings. The highest BCUT2D eigenvalue weighted by atomic mass is 19.3. The first-order chi connectivity index (χ1) is 6.52. The van der Waals surface area contributed by atoms with E-state index in [9.17, 15) is 8.78 Å². The highest BCUT2D eigenvalue weighted by molar-refractivity contribution is 6.58. The number of hydrogen-bond donors (Lipinski definition) is 3. The Morgan fingerprint density at radius 2 is 1.57 bits per heavy atom. The van der Waals surface area contributed by atoms with Crippen LogP contribution in [0.1, 0.15) is 11.7 Å². The molecule has 0 radical (unpaired) electrons. The van der Waals surface area contributed by atoms with Crippen molar-refractivity contribution >= 4 is 12.6 Å². The summed E-state index contributed by atoms with van der Waals surface area (Å²) in [5.41, 5.74) is 0.236. The Balaban J connectivity index is 2.83.